The molecule has 4 nitrogen and oxygen atoms in total. The first-order valence-electron chi connectivity index (χ1n) is 3.10. The van der Waals surface area contributed by atoms with E-state index in [0.29, 0.717) is 12.5 Å². The minimum Gasteiger partial charge on any atom is -0.368 e. The number of anilines is 1. The first-order chi connectivity index (χ1) is 4.83. The lowest BCUT2D eigenvalue weighted by Crippen LogP contribution is -2.06. The Hall–Kier alpha value is -1.16. The van der Waals surface area contributed by atoms with E-state index in [1.54, 1.807) is 6.20 Å². The molecule has 0 bridgehead atoms. The second-order valence-electron chi connectivity index (χ2n) is 1.94. The molecule has 0 saturated carbocycles. The minimum atomic E-state index is 0.311. The number of nitrogens with two attached hydrogens (primary N) is 2. The van der Waals surface area contributed by atoms with Crippen LogP contribution in [-0.2, 0) is 6.42 Å². The number of hydrogen-bond donors (Lipinski definition) is 2. The van der Waals surface area contributed by atoms with E-state index in [2.05, 4.69) is 9.97 Å². The van der Waals surface area contributed by atoms with Crippen molar-refractivity contribution < 1.29 is 0 Å². The number of aromatic nitrogens is 2. The molecular formula is C6H10N4. The summed E-state index contributed by atoms with van der Waals surface area (Å²) < 4.78 is 0. The molecule has 0 spiro atoms. The van der Waals surface area contributed by atoms with Crippen LogP contribution >= 0.6 is 0 Å². The Labute approximate surface area is 59.3 Å². The summed E-state index contributed by atoms with van der Waals surface area (Å²) in [6.07, 6.45) is 2.39. The van der Waals surface area contributed by atoms with Crippen LogP contribution in [0, 0.1) is 0 Å². The maximum Gasteiger partial charge on any atom is 0.220 e. The van der Waals surface area contributed by atoms with Crippen LogP contribution in [0.25, 0.3) is 0 Å². The highest BCUT2D eigenvalue weighted by Crippen LogP contribution is 1.95. The monoisotopic (exact) mass is 138 g/mol. The summed E-state index contributed by atoms with van der Waals surface area (Å²) in [5.74, 6) is 0.311. The first-order valence-corrected chi connectivity index (χ1v) is 3.10. The Balaban J connectivity index is 2.75. The van der Waals surface area contributed by atoms with Gasteiger partial charge in [0, 0.05) is 18.3 Å². The molecule has 0 saturated heterocycles. The van der Waals surface area contributed by atoms with Crippen molar-refractivity contribution in [2.24, 2.45) is 5.73 Å². The molecule has 0 atom stereocenters. The highest BCUT2D eigenvalue weighted by molar-refractivity contribution is 5.17. The fourth-order valence-corrected chi connectivity index (χ4v) is 0.700. The zero-order chi connectivity index (χ0) is 7.40. The van der Waals surface area contributed by atoms with Crippen LogP contribution in [0.1, 0.15) is 5.69 Å². The molecule has 1 aromatic rings. The van der Waals surface area contributed by atoms with Gasteiger partial charge in [0.05, 0.1) is 0 Å². The molecule has 4 N–H and O–H groups in total. The van der Waals surface area contributed by atoms with Crippen LogP contribution in [-0.4, -0.2) is 16.5 Å². The zero-order valence-corrected chi connectivity index (χ0v) is 5.62. The number of hydrogen-bond acceptors (Lipinski definition) is 4. The SMILES string of the molecule is NCCc1ccnc(N)n1. The fraction of sp³-hybridized carbons (Fsp3) is 0.333. The summed E-state index contributed by atoms with van der Waals surface area (Å²) in [5.41, 5.74) is 11.5. The molecule has 0 fully saturated rings. The number of nitrogen functional groups attached to an aromatic ring is 1. The van der Waals surface area contributed by atoms with E-state index in [9.17, 15) is 0 Å². The predicted molar refractivity (Wildman–Crippen MR) is 39.2 cm³/mol. The molecule has 0 radical (unpaired) electrons. The second-order valence-corrected chi connectivity index (χ2v) is 1.94. The third-order valence-electron chi connectivity index (χ3n) is 1.13. The maximum atomic E-state index is 5.33. The summed E-state index contributed by atoms with van der Waals surface area (Å²) in [6, 6.07) is 1.81. The minimum absolute atomic E-state index is 0.311. The van der Waals surface area contributed by atoms with Gasteiger partial charge in [0.1, 0.15) is 0 Å². The van der Waals surface area contributed by atoms with Gasteiger partial charge in [0.2, 0.25) is 5.95 Å². The summed E-state index contributed by atoms with van der Waals surface area (Å²) in [7, 11) is 0. The molecule has 0 aromatic carbocycles. The summed E-state index contributed by atoms with van der Waals surface area (Å²) >= 11 is 0. The van der Waals surface area contributed by atoms with Crippen molar-refractivity contribution >= 4 is 5.95 Å². The molecule has 0 unspecified atom stereocenters. The van der Waals surface area contributed by atoms with E-state index < -0.39 is 0 Å². The highest BCUT2D eigenvalue weighted by atomic mass is 15.0. The van der Waals surface area contributed by atoms with Crippen molar-refractivity contribution in [2.75, 3.05) is 12.3 Å². The normalized spacial score (nSPS) is 9.70. The largest absolute Gasteiger partial charge is 0.368 e. The van der Waals surface area contributed by atoms with Gasteiger partial charge in [-0.05, 0) is 12.6 Å². The molecule has 0 aliphatic heterocycles. The molecule has 10 heavy (non-hydrogen) atoms. The lowest BCUT2D eigenvalue weighted by molar-refractivity contribution is 0.914. The highest BCUT2D eigenvalue weighted by Gasteiger charge is 1.92. The van der Waals surface area contributed by atoms with E-state index in [4.69, 9.17) is 11.5 Å². The van der Waals surface area contributed by atoms with Gasteiger partial charge >= 0.3 is 0 Å². The Morgan fingerprint density at radius 2 is 2.30 bits per heavy atom. The standard InChI is InChI=1S/C6H10N4/c7-3-1-5-2-4-9-6(8)10-5/h2,4H,1,3,7H2,(H2,8,9,10). The Morgan fingerprint density at radius 1 is 1.50 bits per heavy atom. The summed E-state index contributed by atoms with van der Waals surface area (Å²) in [5, 5.41) is 0. The van der Waals surface area contributed by atoms with E-state index >= 15 is 0 Å². The van der Waals surface area contributed by atoms with Gasteiger partial charge < -0.3 is 11.5 Å². The van der Waals surface area contributed by atoms with Gasteiger partial charge in [-0.25, -0.2) is 9.97 Å². The van der Waals surface area contributed by atoms with Gasteiger partial charge in [0.25, 0.3) is 0 Å². The zero-order valence-electron chi connectivity index (χ0n) is 5.62. The van der Waals surface area contributed by atoms with Gasteiger partial charge in [-0.1, -0.05) is 0 Å². The summed E-state index contributed by atoms with van der Waals surface area (Å²) in [6.45, 7) is 0.594. The lowest BCUT2D eigenvalue weighted by atomic mass is 10.3. The van der Waals surface area contributed by atoms with E-state index in [0.717, 1.165) is 12.1 Å². The topological polar surface area (TPSA) is 77.8 Å². The maximum absolute atomic E-state index is 5.33. The lowest BCUT2D eigenvalue weighted by Gasteiger charge is -1.96. The van der Waals surface area contributed by atoms with Gasteiger partial charge in [-0.15, -0.1) is 0 Å². The molecule has 1 rings (SSSR count). The van der Waals surface area contributed by atoms with Crippen molar-refractivity contribution in [1.82, 2.24) is 9.97 Å². The second kappa shape index (κ2) is 3.12. The molecule has 4 heteroatoms. The molecular weight excluding hydrogens is 128 g/mol. The van der Waals surface area contributed by atoms with Crippen molar-refractivity contribution in [1.29, 1.82) is 0 Å². The van der Waals surface area contributed by atoms with Gasteiger partial charge in [-0.3, -0.25) is 0 Å². The van der Waals surface area contributed by atoms with Crippen molar-refractivity contribution in [3.8, 4) is 0 Å². The average molecular weight is 138 g/mol. The average Bonchev–Trinajstić information content (AvgIpc) is 1.88. The Morgan fingerprint density at radius 3 is 2.90 bits per heavy atom. The smallest absolute Gasteiger partial charge is 0.220 e. The van der Waals surface area contributed by atoms with Gasteiger partial charge in [-0.2, -0.15) is 0 Å². The number of nitrogens with zero attached hydrogens (tertiary/aromatic N) is 2. The third kappa shape index (κ3) is 1.66. The van der Waals surface area contributed by atoms with E-state index in [1.807, 2.05) is 6.07 Å². The quantitative estimate of drug-likeness (QED) is 0.580. The van der Waals surface area contributed by atoms with Crippen LogP contribution in [0.15, 0.2) is 12.3 Å². The Kier molecular flexibility index (Phi) is 2.17. The fourth-order valence-electron chi connectivity index (χ4n) is 0.700. The van der Waals surface area contributed by atoms with Crippen molar-refractivity contribution in [3.05, 3.63) is 18.0 Å². The van der Waals surface area contributed by atoms with Crippen LogP contribution < -0.4 is 11.5 Å². The molecule has 0 aliphatic carbocycles. The predicted octanol–water partition coefficient (Wildman–Crippen LogP) is -0.440. The van der Waals surface area contributed by atoms with Gasteiger partial charge in [0.15, 0.2) is 0 Å². The van der Waals surface area contributed by atoms with Crippen molar-refractivity contribution in [3.63, 3.8) is 0 Å². The molecule has 54 valence electrons. The van der Waals surface area contributed by atoms with Crippen LogP contribution in [0.3, 0.4) is 0 Å². The molecule has 0 amide bonds. The van der Waals surface area contributed by atoms with Crippen molar-refractivity contribution in [2.45, 2.75) is 6.42 Å². The molecule has 1 heterocycles. The van der Waals surface area contributed by atoms with Crippen LogP contribution in [0.4, 0.5) is 5.95 Å². The third-order valence-corrected chi connectivity index (χ3v) is 1.13. The molecule has 0 aliphatic rings. The molecule has 1 aromatic heterocycles. The van der Waals surface area contributed by atoms with Crippen LogP contribution in [0.2, 0.25) is 0 Å². The first kappa shape index (κ1) is 6.95. The van der Waals surface area contributed by atoms with Crippen LogP contribution in [0.5, 0.6) is 0 Å². The Bertz CT molecular complexity index is 211. The van der Waals surface area contributed by atoms with E-state index in [-0.39, 0.29) is 0 Å². The summed E-state index contributed by atoms with van der Waals surface area (Å²) in [4.78, 5) is 7.70. The van der Waals surface area contributed by atoms with E-state index in [1.165, 1.54) is 0 Å². The number of rotatable bonds is 2.